The number of hydrazine groups is 1. The van der Waals surface area contributed by atoms with Gasteiger partial charge < -0.3 is 0 Å². The fraction of sp³-hybridized carbons (Fsp3) is 0.571. The molecular weight excluding hydrogens is 154 g/mol. The van der Waals surface area contributed by atoms with E-state index >= 15 is 0 Å². The van der Waals surface area contributed by atoms with E-state index in [-0.39, 0.29) is 0 Å². The van der Waals surface area contributed by atoms with Crippen molar-refractivity contribution in [3.63, 3.8) is 0 Å². The number of aryl methyl sites for hydroxylation is 2. The van der Waals surface area contributed by atoms with Crippen LogP contribution in [-0.4, -0.2) is 15.0 Å². The zero-order chi connectivity index (χ0) is 8.97. The monoisotopic (exact) mass is 167 g/mol. The Kier molecular flexibility index (Phi) is 2.93. The molecule has 0 saturated carbocycles. The second kappa shape index (κ2) is 3.96. The highest BCUT2D eigenvalue weighted by Crippen LogP contribution is 2.00. The molecule has 5 nitrogen and oxygen atoms in total. The number of nitrogens with two attached hydrogens (primary N) is 1. The molecule has 3 N–H and O–H groups in total. The van der Waals surface area contributed by atoms with Gasteiger partial charge in [0.1, 0.15) is 11.6 Å². The van der Waals surface area contributed by atoms with Crippen LogP contribution in [0.15, 0.2) is 0 Å². The minimum atomic E-state index is 0.443. The average Bonchev–Trinajstić information content (AvgIpc) is 2.16. The molecule has 5 heteroatoms. The zero-order valence-electron chi connectivity index (χ0n) is 7.33. The maximum atomic E-state index is 5.19. The number of nitrogens with one attached hydrogen (secondary N) is 1. The van der Waals surface area contributed by atoms with Crippen molar-refractivity contribution in [2.45, 2.75) is 26.7 Å². The van der Waals surface area contributed by atoms with Crippen molar-refractivity contribution in [3.05, 3.63) is 11.6 Å². The van der Waals surface area contributed by atoms with E-state index in [2.05, 4.69) is 20.4 Å². The molecule has 0 aromatic carbocycles. The van der Waals surface area contributed by atoms with Crippen molar-refractivity contribution in [2.75, 3.05) is 5.43 Å². The largest absolute Gasteiger partial charge is 0.292 e. The number of hydrogen-bond donors (Lipinski definition) is 2. The Hall–Kier alpha value is -1.23. The first-order chi connectivity index (χ1) is 5.80. The molecule has 1 rings (SSSR count). The number of rotatable bonds is 3. The summed E-state index contributed by atoms with van der Waals surface area (Å²) in [4.78, 5) is 12.3. The summed E-state index contributed by atoms with van der Waals surface area (Å²) < 4.78 is 0. The van der Waals surface area contributed by atoms with Crippen LogP contribution in [0.3, 0.4) is 0 Å². The van der Waals surface area contributed by atoms with Gasteiger partial charge in [-0.15, -0.1) is 0 Å². The lowest BCUT2D eigenvalue weighted by Gasteiger charge is -2.02. The molecule has 0 aliphatic heterocycles. The summed E-state index contributed by atoms with van der Waals surface area (Å²) >= 11 is 0. The van der Waals surface area contributed by atoms with E-state index in [0.29, 0.717) is 5.95 Å². The molecule has 1 aromatic rings. The highest BCUT2D eigenvalue weighted by atomic mass is 15.3. The van der Waals surface area contributed by atoms with Crippen molar-refractivity contribution in [3.8, 4) is 0 Å². The summed E-state index contributed by atoms with van der Waals surface area (Å²) in [6, 6.07) is 0. The summed E-state index contributed by atoms with van der Waals surface area (Å²) in [5, 5.41) is 0. The Morgan fingerprint density at radius 2 is 1.58 bits per heavy atom. The van der Waals surface area contributed by atoms with Crippen LogP contribution in [0, 0.1) is 0 Å². The van der Waals surface area contributed by atoms with Gasteiger partial charge in [-0.25, -0.2) is 10.8 Å². The molecule has 0 bridgehead atoms. The molecule has 0 saturated heterocycles. The van der Waals surface area contributed by atoms with E-state index in [0.717, 1.165) is 24.5 Å². The number of aromatic nitrogens is 3. The van der Waals surface area contributed by atoms with Crippen LogP contribution in [-0.2, 0) is 12.8 Å². The normalized spacial score (nSPS) is 9.92. The second-order valence-electron chi connectivity index (χ2n) is 2.34. The van der Waals surface area contributed by atoms with Gasteiger partial charge in [-0.05, 0) is 0 Å². The minimum absolute atomic E-state index is 0.443. The van der Waals surface area contributed by atoms with Crippen LogP contribution in [0.25, 0.3) is 0 Å². The van der Waals surface area contributed by atoms with E-state index < -0.39 is 0 Å². The molecule has 0 amide bonds. The summed E-state index contributed by atoms with van der Waals surface area (Å²) in [6.45, 7) is 3.99. The van der Waals surface area contributed by atoms with Crippen LogP contribution in [0.1, 0.15) is 25.5 Å². The first-order valence-corrected chi connectivity index (χ1v) is 4.00. The average molecular weight is 167 g/mol. The summed E-state index contributed by atoms with van der Waals surface area (Å²) in [7, 11) is 0. The zero-order valence-corrected chi connectivity index (χ0v) is 7.33. The molecule has 0 aliphatic rings. The van der Waals surface area contributed by atoms with Crippen LogP contribution >= 0.6 is 0 Å². The van der Waals surface area contributed by atoms with Crippen molar-refractivity contribution >= 4 is 5.95 Å². The van der Waals surface area contributed by atoms with E-state index in [1.54, 1.807) is 0 Å². The Balaban J connectivity index is 3.01. The Bertz CT molecular complexity index is 205. The Morgan fingerprint density at radius 3 is 1.92 bits per heavy atom. The van der Waals surface area contributed by atoms with Crippen molar-refractivity contribution < 1.29 is 0 Å². The highest BCUT2D eigenvalue weighted by Gasteiger charge is 2.01. The molecule has 0 spiro atoms. The maximum absolute atomic E-state index is 5.19. The molecular formula is C7H13N5. The molecule has 0 radical (unpaired) electrons. The van der Waals surface area contributed by atoms with Crippen LogP contribution in [0.4, 0.5) is 5.95 Å². The summed E-state index contributed by atoms with van der Waals surface area (Å²) in [6.07, 6.45) is 1.59. The molecule has 0 unspecified atom stereocenters. The van der Waals surface area contributed by atoms with Gasteiger partial charge in [0.2, 0.25) is 5.95 Å². The molecule has 0 atom stereocenters. The number of nitrogen functional groups attached to an aromatic ring is 1. The van der Waals surface area contributed by atoms with Crippen molar-refractivity contribution in [1.29, 1.82) is 0 Å². The van der Waals surface area contributed by atoms with Gasteiger partial charge in [0.25, 0.3) is 0 Å². The van der Waals surface area contributed by atoms with E-state index in [1.807, 2.05) is 13.8 Å². The smallest absolute Gasteiger partial charge is 0.240 e. The highest BCUT2D eigenvalue weighted by molar-refractivity contribution is 5.21. The fourth-order valence-electron chi connectivity index (χ4n) is 0.849. The predicted molar refractivity (Wildman–Crippen MR) is 46.4 cm³/mol. The van der Waals surface area contributed by atoms with Gasteiger partial charge in [-0.2, -0.15) is 9.97 Å². The van der Waals surface area contributed by atoms with Gasteiger partial charge in [0, 0.05) is 12.8 Å². The lowest BCUT2D eigenvalue weighted by Crippen LogP contribution is -2.14. The standard InChI is InChI=1S/C7H13N5/c1-3-5-9-6(4-2)11-7(10-5)12-8/h3-4,8H2,1-2H3,(H,9,10,11,12). The minimum Gasteiger partial charge on any atom is -0.292 e. The van der Waals surface area contributed by atoms with Gasteiger partial charge in [-0.3, -0.25) is 5.43 Å². The van der Waals surface area contributed by atoms with Gasteiger partial charge in [-0.1, -0.05) is 13.8 Å². The lowest BCUT2D eigenvalue weighted by molar-refractivity contribution is 0.827. The van der Waals surface area contributed by atoms with Gasteiger partial charge in [0.05, 0.1) is 0 Å². The van der Waals surface area contributed by atoms with Gasteiger partial charge in [0.15, 0.2) is 0 Å². The third-order valence-corrected chi connectivity index (χ3v) is 1.49. The van der Waals surface area contributed by atoms with Crippen LogP contribution in [0.2, 0.25) is 0 Å². The first kappa shape index (κ1) is 8.86. The molecule has 1 heterocycles. The fourth-order valence-corrected chi connectivity index (χ4v) is 0.849. The molecule has 12 heavy (non-hydrogen) atoms. The molecule has 66 valence electrons. The Labute approximate surface area is 71.4 Å². The third kappa shape index (κ3) is 1.88. The molecule has 1 aromatic heterocycles. The van der Waals surface area contributed by atoms with E-state index in [1.165, 1.54) is 0 Å². The number of hydrogen-bond acceptors (Lipinski definition) is 5. The van der Waals surface area contributed by atoms with Crippen molar-refractivity contribution in [2.24, 2.45) is 5.84 Å². The number of nitrogens with zero attached hydrogens (tertiary/aromatic N) is 3. The first-order valence-electron chi connectivity index (χ1n) is 4.00. The van der Waals surface area contributed by atoms with Crippen molar-refractivity contribution in [1.82, 2.24) is 15.0 Å². The quantitative estimate of drug-likeness (QED) is 0.499. The second-order valence-corrected chi connectivity index (χ2v) is 2.34. The maximum Gasteiger partial charge on any atom is 0.240 e. The van der Waals surface area contributed by atoms with E-state index in [9.17, 15) is 0 Å². The van der Waals surface area contributed by atoms with Crippen LogP contribution in [0.5, 0.6) is 0 Å². The molecule has 0 fully saturated rings. The molecule has 0 aliphatic carbocycles. The SMILES string of the molecule is CCc1nc(CC)nc(NN)n1. The number of anilines is 1. The predicted octanol–water partition coefficient (Wildman–Crippen LogP) is 0.282. The summed E-state index contributed by atoms with van der Waals surface area (Å²) in [5.41, 5.74) is 2.41. The lowest BCUT2D eigenvalue weighted by atomic mass is 10.4. The third-order valence-electron chi connectivity index (χ3n) is 1.49. The Morgan fingerprint density at radius 1 is 1.08 bits per heavy atom. The topological polar surface area (TPSA) is 76.7 Å². The van der Waals surface area contributed by atoms with Gasteiger partial charge >= 0.3 is 0 Å². The van der Waals surface area contributed by atoms with E-state index in [4.69, 9.17) is 5.84 Å². The summed E-state index contributed by atoms with van der Waals surface area (Å²) in [5.74, 6) is 7.18. The van der Waals surface area contributed by atoms with Crippen LogP contribution < -0.4 is 11.3 Å².